The van der Waals surface area contributed by atoms with Crippen molar-refractivity contribution >= 4 is 23.1 Å². The van der Waals surface area contributed by atoms with Crippen LogP contribution in [0.25, 0.3) is 0 Å². The average molecular weight is 268 g/mol. The Morgan fingerprint density at radius 2 is 2.00 bits per heavy atom. The maximum absolute atomic E-state index is 5.96. The van der Waals surface area contributed by atoms with Crippen molar-refractivity contribution in [3.8, 4) is 0 Å². The molecule has 0 bridgehead atoms. The van der Waals surface area contributed by atoms with Gasteiger partial charge in [0.25, 0.3) is 0 Å². The number of rotatable bonds is 3. The molecule has 0 atom stereocenters. The van der Waals surface area contributed by atoms with Gasteiger partial charge in [0, 0.05) is 24.8 Å². The number of pyridine rings is 1. The molecule has 100 valence electrons. The molecule has 0 radical (unpaired) electrons. The summed E-state index contributed by atoms with van der Waals surface area (Å²) < 4.78 is 0. The highest BCUT2D eigenvalue weighted by molar-refractivity contribution is 6.29. The van der Waals surface area contributed by atoms with Crippen LogP contribution in [0.5, 0.6) is 0 Å². The number of aromatic nitrogens is 1. The standard InChI is InChI=1S/C14H22ClN3/c1-3-10-4-6-12(7-5-10)18(2)14-9-11(16)8-13(15)17-14/h8-10,12H,3-7H2,1-2H3,(H2,16,17). The second kappa shape index (κ2) is 5.79. The van der Waals surface area contributed by atoms with Crippen LogP contribution in [0.3, 0.4) is 0 Å². The average Bonchev–Trinajstić information content (AvgIpc) is 2.37. The van der Waals surface area contributed by atoms with Crippen molar-refractivity contribution < 1.29 is 0 Å². The van der Waals surface area contributed by atoms with Crippen molar-refractivity contribution in [2.75, 3.05) is 17.7 Å². The molecular weight excluding hydrogens is 246 g/mol. The summed E-state index contributed by atoms with van der Waals surface area (Å²) in [7, 11) is 2.09. The summed E-state index contributed by atoms with van der Waals surface area (Å²) in [5.74, 6) is 1.80. The third kappa shape index (κ3) is 3.08. The molecule has 1 aromatic rings. The van der Waals surface area contributed by atoms with Gasteiger partial charge in [-0.1, -0.05) is 24.9 Å². The molecule has 0 aromatic carbocycles. The molecular formula is C14H22ClN3. The summed E-state index contributed by atoms with van der Waals surface area (Å²) >= 11 is 5.96. The molecule has 0 spiro atoms. The molecule has 0 unspecified atom stereocenters. The number of halogens is 1. The van der Waals surface area contributed by atoms with E-state index in [1.54, 1.807) is 6.07 Å². The van der Waals surface area contributed by atoms with Crippen molar-refractivity contribution in [1.29, 1.82) is 0 Å². The lowest BCUT2D eigenvalue weighted by molar-refractivity contribution is 0.313. The zero-order valence-electron chi connectivity index (χ0n) is 11.2. The number of hydrogen-bond donors (Lipinski definition) is 1. The Labute approximate surface area is 114 Å². The Hall–Kier alpha value is -0.960. The van der Waals surface area contributed by atoms with Crippen molar-refractivity contribution in [2.45, 2.75) is 45.1 Å². The third-order valence-electron chi connectivity index (χ3n) is 4.11. The highest BCUT2D eigenvalue weighted by Gasteiger charge is 2.24. The van der Waals surface area contributed by atoms with Crippen molar-refractivity contribution in [3.05, 3.63) is 17.3 Å². The van der Waals surface area contributed by atoms with Crippen LogP contribution in [0.15, 0.2) is 12.1 Å². The van der Waals surface area contributed by atoms with Gasteiger partial charge in [0.1, 0.15) is 11.0 Å². The lowest BCUT2D eigenvalue weighted by atomic mass is 9.84. The van der Waals surface area contributed by atoms with Gasteiger partial charge in [-0.3, -0.25) is 0 Å². The van der Waals surface area contributed by atoms with Gasteiger partial charge in [-0.15, -0.1) is 0 Å². The predicted molar refractivity (Wildman–Crippen MR) is 78.1 cm³/mol. The minimum Gasteiger partial charge on any atom is -0.399 e. The molecule has 1 heterocycles. The molecule has 1 aliphatic rings. The normalized spacial score (nSPS) is 23.9. The minimum absolute atomic E-state index is 0.471. The molecule has 1 saturated carbocycles. The number of anilines is 2. The predicted octanol–water partition coefficient (Wildman–Crippen LogP) is 3.72. The van der Waals surface area contributed by atoms with Gasteiger partial charge in [0.05, 0.1) is 0 Å². The van der Waals surface area contributed by atoms with Crippen LogP contribution >= 0.6 is 11.6 Å². The van der Waals surface area contributed by atoms with E-state index in [1.807, 2.05) is 6.07 Å². The highest BCUT2D eigenvalue weighted by Crippen LogP contribution is 2.31. The highest BCUT2D eigenvalue weighted by atomic mass is 35.5. The largest absolute Gasteiger partial charge is 0.399 e. The molecule has 2 rings (SSSR count). The first kappa shape index (κ1) is 13.5. The monoisotopic (exact) mass is 267 g/mol. The lowest BCUT2D eigenvalue weighted by Gasteiger charge is -2.35. The van der Waals surface area contributed by atoms with E-state index in [-0.39, 0.29) is 0 Å². The van der Waals surface area contributed by atoms with Crippen LogP contribution in [0.4, 0.5) is 11.5 Å². The smallest absolute Gasteiger partial charge is 0.133 e. The first-order valence-corrected chi connectivity index (χ1v) is 7.13. The van der Waals surface area contributed by atoms with Crippen LogP contribution in [-0.4, -0.2) is 18.1 Å². The zero-order chi connectivity index (χ0) is 13.1. The molecule has 0 saturated heterocycles. The fourth-order valence-corrected chi connectivity index (χ4v) is 3.02. The van der Waals surface area contributed by atoms with Gasteiger partial charge in [-0.05, 0) is 37.7 Å². The summed E-state index contributed by atoms with van der Waals surface area (Å²) in [5.41, 5.74) is 6.50. The first-order valence-electron chi connectivity index (χ1n) is 6.76. The van der Waals surface area contributed by atoms with Crippen LogP contribution in [-0.2, 0) is 0 Å². The summed E-state index contributed by atoms with van der Waals surface area (Å²) in [4.78, 5) is 6.59. The number of nitrogens with two attached hydrogens (primary N) is 1. The maximum atomic E-state index is 5.96. The van der Waals surface area contributed by atoms with Gasteiger partial charge in [-0.2, -0.15) is 0 Å². The Balaban J connectivity index is 2.05. The van der Waals surface area contributed by atoms with E-state index in [0.717, 1.165) is 11.7 Å². The fraction of sp³-hybridized carbons (Fsp3) is 0.643. The topological polar surface area (TPSA) is 42.1 Å². The van der Waals surface area contributed by atoms with E-state index in [2.05, 4.69) is 23.9 Å². The SMILES string of the molecule is CCC1CCC(N(C)c2cc(N)cc(Cl)n2)CC1. The van der Waals surface area contributed by atoms with Gasteiger partial charge in [0.2, 0.25) is 0 Å². The van der Waals surface area contributed by atoms with Crippen molar-refractivity contribution in [1.82, 2.24) is 4.98 Å². The number of nitrogens with zero attached hydrogens (tertiary/aromatic N) is 2. The zero-order valence-corrected chi connectivity index (χ0v) is 12.0. The lowest BCUT2D eigenvalue weighted by Crippen LogP contribution is -2.35. The van der Waals surface area contributed by atoms with Crippen LogP contribution in [0, 0.1) is 5.92 Å². The number of nitrogen functional groups attached to an aromatic ring is 1. The van der Waals surface area contributed by atoms with E-state index in [4.69, 9.17) is 17.3 Å². The van der Waals surface area contributed by atoms with Crippen molar-refractivity contribution in [2.24, 2.45) is 5.92 Å². The molecule has 4 heteroatoms. The van der Waals surface area contributed by atoms with E-state index in [0.29, 0.717) is 16.9 Å². The van der Waals surface area contributed by atoms with Crippen LogP contribution in [0.1, 0.15) is 39.0 Å². The second-order valence-corrected chi connectivity index (χ2v) is 5.66. The van der Waals surface area contributed by atoms with E-state index in [9.17, 15) is 0 Å². The van der Waals surface area contributed by atoms with E-state index >= 15 is 0 Å². The Morgan fingerprint density at radius 3 is 2.56 bits per heavy atom. The molecule has 0 amide bonds. The molecule has 0 aliphatic heterocycles. The first-order chi connectivity index (χ1) is 8.60. The quantitative estimate of drug-likeness (QED) is 0.849. The summed E-state index contributed by atoms with van der Waals surface area (Å²) in [5, 5.41) is 0.471. The van der Waals surface area contributed by atoms with Gasteiger partial charge in [-0.25, -0.2) is 4.98 Å². The fourth-order valence-electron chi connectivity index (χ4n) is 2.81. The molecule has 1 aliphatic carbocycles. The molecule has 1 aromatic heterocycles. The Kier molecular flexibility index (Phi) is 4.33. The maximum Gasteiger partial charge on any atom is 0.133 e. The van der Waals surface area contributed by atoms with Crippen molar-refractivity contribution in [3.63, 3.8) is 0 Å². The summed E-state index contributed by atoms with van der Waals surface area (Å²) in [6.45, 7) is 2.29. The Bertz CT molecular complexity index is 380. The molecule has 1 fully saturated rings. The van der Waals surface area contributed by atoms with E-state index in [1.165, 1.54) is 32.1 Å². The third-order valence-corrected chi connectivity index (χ3v) is 4.30. The van der Waals surface area contributed by atoms with Crippen LogP contribution < -0.4 is 10.6 Å². The minimum atomic E-state index is 0.471. The second-order valence-electron chi connectivity index (χ2n) is 5.28. The van der Waals surface area contributed by atoms with Gasteiger partial charge < -0.3 is 10.6 Å². The molecule has 2 N–H and O–H groups in total. The van der Waals surface area contributed by atoms with Crippen LogP contribution in [0.2, 0.25) is 5.15 Å². The molecule has 3 nitrogen and oxygen atoms in total. The summed E-state index contributed by atoms with van der Waals surface area (Å²) in [6, 6.07) is 4.16. The molecule has 18 heavy (non-hydrogen) atoms. The number of hydrogen-bond acceptors (Lipinski definition) is 3. The van der Waals surface area contributed by atoms with E-state index < -0.39 is 0 Å². The van der Waals surface area contributed by atoms with Gasteiger partial charge in [0.15, 0.2) is 0 Å². The summed E-state index contributed by atoms with van der Waals surface area (Å²) in [6.07, 6.45) is 6.42. The Morgan fingerprint density at radius 1 is 1.33 bits per heavy atom. The van der Waals surface area contributed by atoms with Gasteiger partial charge >= 0.3 is 0 Å².